The second-order valence-electron chi connectivity index (χ2n) is 5.21. The molecule has 1 heterocycles. The maximum Gasteiger partial charge on any atom is 0.285 e. The molecule has 5 nitrogen and oxygen atoms in total. The molecule has 0 atom stereocenters. The molecule has 0 saturated carbocycles. The standard InChI is InChI=1S/C18H13FN2O3S2/c1-24-13-8-6-11(7-9-13)16(22)20-21-17(23)15(26-18(21)25)10-12-4-2-3-5-14(12)19/h2-10H,1H3,(H,20,22). The van der Waals surface area contributed by atoms with Crippen molar-refractivity contribution in [3.8, 4) is 5.75 Å². The second kappa shape index (κ2) is 7.67. The molecule has 2 amide bonds. The fourth-order valence-corrected chi connectivity index (χ4v) is 3.38. The Kier molecular flexibility index (Phi) is 5.34. The van der Waals surface area contributed by atoms with Gasteiger partial charge in [-0.1, -0.05) is 30.0 Å². The Bertz CT molecular complexity index is 913. The van der Waals surface area contributed by atoms with E-state index in [0.717, 1.165) is 16.8 Å². The highest BCUT2D eigenvalue weighted by molar-refractivity contribution is 8.26. The molecule has 2 aromatic rings. The van der Waals surface area contributed by atoms with Crippen molar-refractivity contribution in [2.24, 2.45) is 0 Å². The molecular weight excluding hydrogens is 375 g/mol. The fraction of sp³-hybridized carbons (Fsp3) is 0.0556. The lowest BCUT2D eigenvalue weighted by molar-refractivity contribution is -0.123. The number of carbonyl (C=O) groups is 2. The first kappa shape index (κ1) is 18.1. The minimum absolute atomic E-state index is 0.166. The van der Waals surface area contributed by atoms with Gasteiger partial charge in [-0.2, -0.15) is 5.01 Å². The van der Waals surface area contributed by atoms with Gasteiger partial charge in [0.25, 0.3) is 11.8 Å². The van der Waals surface area contributed by atoms with Crippen LogP contribution < -0.4 is 10.2 Å². The number of hydrogen-bond donors (Lipinski definition) is 1. The number of nitrogens with zero attached hydrogens (tertiary/aromatic N) is 1. The Morgan fingerprint density at radius 2 is 1.92 bits per heavy atom. The Morgan fingerprint density at radius 3 is 2.58 bits per heavy atom. The van der Waals surface area contributed by atoms with Crippen molar-refractivity contribution in [1.82, 2.24) is 10.4 Å². The smallest absolute Gasteiger partial charge is 0.285 e. The number of nitrogens with one attached hydrogen (secondary N) is 1. The van der Waals surface area contributed by atoms with E-state index in [4.69, 9.17) is 17.0 Å². The Balaban J connectivity index is 1.76. The molecule has 0 unspecified atom stereocenters. The Morgan fingerprint density at radius 1 is 1.23 bits per heavy atom. The van der Waals surface area contributed by atoms with Gasteiger partial charge in [-0.15, -0.1) is 0 Å². The van der Waals surface area contributed by atoms with E-state index < -0.39 is 17.6 Å². The fourth-order valence-electron chi connectivity index (χ4n) is 2.21. The van der Waals surface area contributed by atoms with Crippen molar-refractivity contribution in [2.75, 3.05) is 7.11 Å². The van der Waals surface area contributed by atoms with Crippen molar-refractivity contribution in [1.29, 1.82) is 0 Å². The lowest BCUT2D eigenvalue weighted by Crippen LogP contribution is -2.44. The number of hydrogen-bond acceptors (Lipinski definition) is 5. The van der Waals surface area contributed by atoms with E-state index in [1.165, 1.54) is 19.3 Å². The van der Waals surface area contributed by atoms with Gasteiger partial charge in [0.05, 0.1) is 12.0 Å². The molecule has 3 rings (SSSR count). The maximum atomic E-state index is 13.8. The van der Waals surface area contributed by atoms with Gasteiger partial charge in [-0.3, -0.25) is 15.0 Å². The highest BCUT2D eigenvalue weighted by atomic mass is 32.2. The van der Waals surface area contributed by atoms with Crippen LogP contribution in [-0.2, 0) is 4.79 Å². The first-order chi connectivity index (χ1) is 12.5. The average molecular weight is 388 g/mol. The van der Waals surface area contributed by atoms with E-state index in [2.05, 4.69) is 5.43 Å². The number of amides is 2. The third kappa shape index (κ3) is 3.76. The zero-order chi connectivity index (χ0) is 18.7. The van der Waals surface area contributed by atoms with E-state index in [1.54, 1.807) is 42.5 Å². The summed E-state index contributed by atoms with van der Waals surface area (Å²) in [5, 5.41) is 0.985. The van der Waals surface area contributed by atoms with E-state index in [-0.39, 0.29) is 14.8 Å². The molecular formula is C18H13FN2O3S2. The van der Waals surface area contributed by atoms with Crippen LogP contribution >= 0.6 is 24.0 Å². The summed E-state index contributed by atoms with van der Waals surface area (Å²) in [5.41, 5.74) is 3.09. The zero-order valence-electron chi connectivity index (χ0n) is 13.6. The summed E-state index contributed by atoms with van der Waals surface area (Å²) in [6.07, 6.45) is 1.41. The molecule has 1 aliphatic rings. The van der Waals surface area contributed by atoms with E-state index in [1.807, 2.05) is 0 Å². The SMILES string of the molecule is COc1ccc(C(=O)NN2C(=O)C(=Cc3ccccc3F)SC2=S)cc1. The number of hydrazine groups is 1. The van der Waals surface area contributed by atoms with Gasteiger partial charge in [-0.05, 0) is 48.6 Å². The molecule has 2 aromatic carbocycles. The van der Waals surface area contributed by atoms with E-state index in [9.17, 15) is 14.0 Å². The van der Waals surface area contributed by atoms with Crippen LogP contribution in [0.25, 0.3) is 6.08 Å². The summed E-state index contributed by atoms with van der Waals surface area (Å²) in [6.45, 7) is 0. The van der Waals surface area contributed by atoms with Gasteiger partial charge in [0.1, 0.15) is 11.6 Å². The van der Waals surface area contributed by atoms with Gasteiger partial charge in [0, 0.05) is 11.1 Å². The van der Waals surface area contributed by atoms with Crippen LogP contribution in [0.15, 0.2) is 53.4 Å². The van der Waals surface area contributed by atoms with Crippen LogP contribution in [0.4, 0.5) is 4.39 Å². The number of halogens is 1. The van der Waals surface area contributed by atoms with Crippen molar-refractivity contribution < 1.29 is 18.7 Å². The van der Waals surface area contributed by atoms with Crippen LogP contribution in [0.3, 0.4) is 0 Å². The first-order valence-corrected chi connectivity index (χ1v) is 8.69. The van der Waals surface area contributed by atoms with Crippen molar-refractivity contribution in [3.63, 3.8) is 0 Å². The number of ether oxygens (including phenoxy) is 1. The topological polar surface area (TPSA) is 58.6 Å². The quantitative estimate of drug-likeness (QED) is 0.643. The predicted octanol–water partition coefficient (Wildman–Crippen LogP) is 3.38. The second-order valence-corrected chi connectivity index (χ2v) is 6.88. The van der Waals surface area contributed by atoms with Crippen molar-refractivity contribution in [2.45, 2.75) is 0 Å². The largest absolute Gasteiger partial charge is 0.497 e. The van der Waals surface area contributed by atoms with Gasteiger partial charge in [0.15, 0.2) is 4.32 Å². The number of benzene rings is 2. The van der Waals surface area contributed by atoms with Crippen molar-refractivity contribution in [3.05, 3.63) is 70.4 Å². The molecule has 0 aromatic heterocycles. The van der Waals surface area contributed by atoms with E-state index >= 15 is 0 Å². The highest BCUT2D eigenvalue weighted by Crippen LogP contribution is 2.31. The summed E-state index contributed by atoms with van der Waals surface area (Å²) in [7, 11) is 1.52. The average Bonchev–Trinajstić information content (AvgIpc) is 2.91. The lowest BCUT2D eigenvalue weighted by atomic mass is 10.2. The molecule has 8 heteroatoms. The van der Waals surface area contributed by atoms with Crippen LogP contribution in [0.2, 0.25) is 0 Å². The van der Waals surface area contributed by atoms with E-state index in [0.29, 0.717) is 11.3 Å². The van der Waals surface area contributed by atoms with Crippen molar-refractivity contribution >= 4 is 46.2 Å². The molecule has 1 N–H and O–H groups in total. The van der Waals surface area contributed by atoms with Gasteiger partial charge >= 0.3 is 0 Å². The normalized spacial score (nSPS) is 15.5. The molecule has 132 valence electrons. The molecule has 0 aliphatic carbocycles. The molecule has 0 bridgehead atoms. The lowest BCUT2D eigenvalue weighted by Gasteiger charge is -2.15. The van der Waals surface area contributed by atoms with Gasteiger partial charge < -0.3 is 4.74 Å². The Hall–Kier alpha value is -2.71. The number of thiocarbonyl (C=S) groups is 1. The number of rotatable bonds is 4. The summed E-state index contributed by atoms with van der Waals surface area (Å²) in [6, 6.07) is 12.5. The predicted molar refractivity (Wildman–Crippen MR) is 102 cm³/mol. The third-order valence-corrected chi connectivity index (χ3v) is 4.85. The highest BCUT2D eigenvalue weighted by Gasteiger charge is 2.34. The summed E-state index contributed by atoms with van der Waals surface area (Å²) >= 11 is 6.15. The maximum absolute atomic E-state index is 13.8. The van der Waals surface area contributed by atoms with Crippen LogP contribution in [0.1, 0.15) is 15.9 Å². The molecule has 1 fully saturated rings. The monoisotopic (exact) mass is 388 g/mol. The first-order valence-electron chi connectivity index (χ1n) is 7.47. The molecule has 0 spiro atoms. The number of thioether (sulfide) groups is 1. The zero-order valence-corrected chi connectivity index (χ0v) is 15.2. The number of methoxy groups -OCH3 is 1. The van der Waals surface area contributed by atoms with Crippen LogP contribution in [0.5, 0.6) is 5.75 Å². The molecule has 1 aliphatic heterocycles. The minimum Gasteiger partial charge on any atom is -0.497 e. The summed E-state index contributed by atoms with van der Waals surface area (Å²) < 4.78 is 19.0. The molecule has 0 radical (unpaired) electrons. The summed E-state index contributed by atoms with van der Waals surface area (Å²) in [4.78, 5) is 25.0. The van der Waals surface area contributed by atoms with Crippen LogP contribution in [0, 0.1) is 5.82 Å². The third-order valence-electron chi connectivity index (χ3n) is 3.55. The number of carbonyl (C=O) groups excluding carboxylic acids is 2. The Labute approximate surface area is 158 Å². The van der Waals surface area contributed by atoms with Gasteiger partial charge in [0.2, 0.25) is 0 Å². The molecule has 1 saturated heterocycles. The van der Waals surface area contributed by atoms with Gasteiger partial charge in [-0.25, -0.2) is 4.39 Å². The molecule has 26 heavy (non-hydrogen) atoms. The summed E-state index contributed by atoms with van der Waals surface area (Å²) in [5.74, 6) is -0.832. The van der Waals surface area contributed by atoms with Crippen LogP contribution in [-0.4, -0.2) is 28.3 Å². The minimum atomic E-state index is -0.509.